The summed E-state index contributed by atoms with van der Waals surface area (Å²) in [5, 5.41) is 0. The third-order valence-corrected chi connectivity index (χ3v) is 7.67. The standard InChI is InChI=1S/C24H24NOS/c1-6-16-25(17-7-1)18-19-12-14-20(15-13-19)27-23-10-4-2-8-21(23)26-22-9-3-5-11-24(22)27/h2-5,8-15H,1,6-7,16-18H2/q+1. The van der Waals surface area contributed by atoms with E-state index in [0.29, 0.717) is 0 Å². The Morgan fingerprint density at radius 2 is 1.30 bits per heavy atom. The lowest BCUT2D eigenvalue weighted by Gasteiger charge is -2.26. The highest BCUT2D eigenvalue weighted by Gasteiger charge is 2.38. The van der Waals surface area contributed by atoms with Gasteiger partial charge in [-0.3, -0.25) is 4.90 Å². The van der Waals surface area contributed by atoms with Gasteiger partial charge in [0.1, 0.15) is 10.9 Å². The zero-order chi connectivity index (χ0) is 18.1. The molecule has 2 nitrogen and oxygen atoms in total. The number of nitrogens with zero attached hydrogens (tertiary/aromatic N) is 1. The number of likely N-dealkylation sites (tertiary alicyclic amines) is 1. The number of hydrogen-bond donors (Lipinski definition) is 0. The Labute approximate surface area is 164 Å². The summed E-state index contributed by atoms with van der Waals surface area (Å²) in [6.45, 7) is 3.55. The summed E-state index contributed by atoms with van der Waals surface area (Å²) in [7, 11) is -0.111. The molecule has 0 aliphatic carbocycles. The lowest BCUT2D eigenvalue weighted by molar-refractivity contribution is 0.221. The molecule has 3 heteroatoms. The number of para-hydroxylation sites is 2. The molecule has 0 saturated carbocycles. The summed E-state index contributed by atoms with van der Waals surface area (Å²) < 4.78 is 6.15. The number of fused-ring (bicyclic) bond motifs is 2. The molecule has 1 saturated heterocycles. The molecule has 0 N–H and O–H groups in total. The first-order valence-corrected chi connectivity index (χ1v) is 11.0. The minimum Gasteiger partial charge on any atom is -0.447 e. The smallest absolute Gasteiger partial charge is 0.209 e. The second kappa shape index (κ2) is 7.41. The maximum atomic E-state index is 6.15. The molecule has 0 amide bonds. The Morgan fingerprint density at radius 3 is 1.93 bits per heavy atom. The molecule has 0 spiro atoms. The maximum Gasteiger partial charge on any atom is 0.209 e. The average Bonchev–Trinajstić information content (AvgIpc) is 2.73. The first-order chi connectivity index (χ1) is 13.4. The van der Waals surface area contributed by atoms with Crippen LogP contribution in [0.2, 0.25) is 0 Å². The van der Waals surface area contributed by atoms with Gasteiger partial charge in [-0.05, 0) is 67.9 Å². The fourth-order valence-electron chi connectivity index (χ4n) is 4.00. The van der Waals surface area contributed by atoms with Crippen molar-refractivity contribution in [2.75, 3.05) is 13.1 Å². The summed E-state index contributed by atoms with van der Waals surface area (Å²) in [6, 6.07) is 26.2. The van der Waals surface area contributed by atoms with Crippen molar-refractivity contribution < 1.29 is 4.74 Å². The molecule has 0 aromatic heterocycles. The van der Waals surface area contributed by atoms with E-state index in [1.165, 1.54) is 52.6 Å². The van der Waals surface area contributed by atoms with Gasteiger partial charge in [0.25, 0.3) is 0 Å². The molecule has 0 unspecified atom stereocenters. The van der Waals surface area contributed by atoms with Crippen LogP contribution in [0.4, 0.5) is 0 Å². The molecule has 2 aliphatic rings. The van der Waals surface area contributed by atoms with Crippen LogP contribution in [0.1, 0.15) is 24.8 Å². The summed E-state index contributed by atoms with van der Waals surface area (Å²) in [4.78, 5) is 6.50. The molecule has 1 fully saturated rings. The van der Waals surface area contributed by atoms with Gasteiger partial charge in [-0.2, -0.15) is 0 Å². The number of ether oxygens (including phenoxy) is 1. The summed E-state index contributed by atoms with van der Waals surface area (Å²) >= 11 is 0. The number of hydrogen-bond acceptors (Lipinski definition) is 2. The van der Waals surface area contributed by atoms with Crippen LogP contribution in [0.25, 0.3) is 0 Å². The molecule has 0 atom stereocenters. The van der Waals surface area contributed by atoms with E-state index in [0.717, 1.165) is 18.0 Å². The van der Waals surface area contributed by atoms with Crippen LogP contribution in [0, 0.1) is 0 Å². The number of benzene rings is 3. The Hall–Kier alpha value is -2.23. The van der Waals surface area contributed by atoms with Gasteiger partial charge in [-0.1, -0.05) is 42.8 Å². The van der Waals surface area contributed by atoms with Crippen LogP contribution >= 0.6 is 0 Å². The predicted octanol–water partition coefficient (Wildman–Crippen LogP) is 5.87. The van der Waals surface area contributed by atoms with Gasteiger partial charge in [-0.25, -0.2) is 0 Å². The molecule has 3 aromatic carbocycles. The first kappa shape index (κ1) is 16.9. The topological polar surface area (TPSA) is 12.5 Å². The molecule has 2 aliphatic heterocycles. The quantitative estimate of drug-likeness (QED) is 0.416. The molecular formula is C24H24NOS+. The van der Waals surface area contributed by atoms with Gasteiger partial charge in [0.05, 0.1) is 0 Å². The molecule has 3 aromatic rings. The number of rotatable bonds is 3. The monoisotopic (exact) mass is 374 g/mol. The maximum absolute atomic E-state index is 6.15. The Morgan fingerprint density at radius 1 is 0.704 bits per heavy atom. The van der Waals surface area contributed by atoms with E-state index in [9.17, 15) is 0 Å². The summed E-state index contributed by atoms with van der Waals surface area (Å²) in [5.41, 5.74) is 1.42. The van der Waals surface area contributed by atoms with Gasteiger partial charge in [-0.15, -0.1) is 0 Å². The van der Waals surface area contributed by atoms with Crippen molar-refractivity contribution in [2.45, 2.75) is 40.5 Å². The second-order valence-electron chi connectivity index (χ2n) is 7.28. The van der Waals surface area contributed by atoms with Crippen molar-refractivity contribution in [3.8, 4) is 11.5 Å². The SMILES string of the molecule is c1ccc2c(c1)Oc1ccccc1[S+]2c1ccc(CN2CCCCC2)cc1. The van der Waals surface area contributed by atoms with Gasteiger partial charge in [0.2, 0.25) is 9.79 Å². The highest BCUT2D eigenvalue weighted by Crippen LogP contribution is 2.46. The average molecular weight is 375 g/mol. The Kier molecular flexibility index (Phi) is 4.64. The van der Waals surface area contributed by atoms with Gasteiger partial charge >= 0.3 is 0 Å². The van der Waals surface area contributed by atoms with Crippen molar-refractivity contribution in [3.05, 3.63) is 78.4 Å². The van der Waals surface area contributed by atoms with E-state index >= 15 is 0 Å². The molecule has 2 heterocycles. The molecule has 0 bridgehead atoms. The molecular weight excluding hydrogens is 350 g/mol. The third-order valence-electron chi connectivity index (χ3n) is 5.37. The van der Waals surface area contributed by atoms with Crippen molar-refractivity contribution in [1.29, 1.82) is 0 Å². The zero-order valence-electron chi connectivity index (χ0n) is 15.4. The normalized spacial score (nSPS) is 17.0. The van der Waals surface area contributed by atoms with Gasteiger partial charge < -0.3 is 4.74 Å². The van der Waals surface area contributed by atoms with Crippen LogP contribution in [0.15, 0.2) is 87.5 Å². The number of piperidine rings is 1. The summed E-state index contributed by atoms with van der Waals surface area (Å²) in [6.07, 6.45) is 4.07. The van der Waals surface area contributed by atoms with Crippen LogP contribution in [-0.4, -0.2) is 18.0 Å². The van der Waals surface area contributed by atoms with Crippen LogP contribution in [0.5, 0.6) is 11.5 Å². The highest BCUT2D eigenvalue weighted by molar-refractivity contribution is 7.97. The van der Waals surface area contributed by atoms with Crippen LogP contribution in [0.3, 0.4) is 0 Å². The molecule has 0 radical (unpaired) electrons. The molecule has 5 rings (SSSR count). The van der Waals surface area contributed by atoms with Gasteiger partial charge in [0.15, 0.2) is 16.4 Å². The van der Waals surface area contributed by atoms with E-state index in [2.05, 4.69) is 77.7 Å². The van der Waals surface area contributed by atoms with Gasteiger partial charge in [0, 0.05) is 6.54 Å². The minimum absolute atomic E-state index is 0.111. The minimum atomic E-state index is -0.111. The largest absolute Gasteiger partial charge is 0.447 e. The van der Waals surface area contributed by atoms with Crippen molar-refractivity contribution in [3.63, 3.8) is 0 Å². The first-order valence-electron chi connectivity index (χ1n) is 9.80. The van der Waals surface area contributed by atoms with Crippen molar-refractivity contribution >= 4 is 10.9 Å². The molecule has 136 valence electrons. The lowest BCUT2D eigenvalue weighted by atomic mass is 10.1. The predicted molar refractivity (Wildman–Crippen MR) is 111 cm³/mol. The van der Waals surface area contributed by atoms with E-state index < -0.39 is 0 Å². The Bertz CT molecular complexity index is 886. The van der Waals surface area contributed by atoms with Crippen molar-refractivity contribution in [1.82, 2.24) is 4.90 Å². The van der Waals surface area contributed by atoms with E-state index in [4.69, 9.17) is 4.74 Å². The molecule has 27 heavy (non-hydrogen) atoms. The van der Waals surface area contributed by atoms with E-state index in [-0.39, 0.29) is 10.9 Å². The van der Waals surface area contributed by atoms with Crippen LogP contribution in [-0.2, 0) is 17.4 Å². The summed E-state index contributed by atoms with van der Waals surface area (Å²) in [5.74, 6) is 1.97. The fourth-order valence-corrected chi connectivity index (χ4v) is 6.21. The zero-order valence-corrected chi connectivity index (χ0v) is 16.3. The second-order valence-corrected chi connectivity index (χ2v) is 9.25. The van der Waals surface area contributed by atoms with Crippen LogP contribution < -0.4 is 4.74 Å². The van der Waals surface area contributed by atoms with E-state index in [1.54, 1.807) is 0 Å². The van der Waals surface area contributed by atoms with Crippen molar-refractivity contribution in [2.24, 2.45) is 0 Å². The van der Waals surface area contributed by atoms with E-state index in [1.807, 2.05) is 0 Å². The Balaban J connectivity index is 1.47. The third kappa shape index (κ3) is 3.38. The highest BCUT2D eigenvalue weighted by atomic mass is 32.2. The lowest BCUT2D eigenvalue weighted by Crippen LogP contribution is -2.29. The fraction of sp³-hybridized carbons (Fsp3) is 0.250.